The van der Waals surface area contributed by atoms with Crippen LogP contribution in [0.2, 0.25) is 0 Å². The van der Waals surface area contributed by atoms with Crippen molar-refractivity contribution < 1.29 is 14.3 Å². The predicted molar refractivity (Wildman–Crippen MR) is 101 cm³/mol. The van der Waals surface area contributed by atoms with E-state index in [1.807, 2.05) is 52.0 Å². The van der Waals surface area contributed by atoms with Gasteiger partial charge in [0.2, 0.25) is 11.8 Å². The van der Waals surface area contributed by atoms with Crippen LogP contribution in [-0.4, -0.2) is 31.5 Å². The summed E-state index contributed by atoms with van der Waals surface area (Å²) < 4.78 is 5.67. The van der Waals surface area contributed by atoms with Gasteiger partial charge < -0.3 is 15.4 Å². The molecule has 0 heterocycles. The Balaban J connectivity index is 2.23. The smallest absolute Gasteiger partial charge is 0.242 e. The second-order valence-corrected chi connectivity index (χ2v) is 7.45. The highest BCUT2D eigenvalue weighted by atomic mass is 16.5. The van der Waals surface area contributed by atoms with Gasteiger partial charge in [-0.2, -0.15) is 0 Å². The third-order valence-electron chi connectivity index (χ3n) is 4.02. The highest BCUT2D eigenvalue weighted by molar-refractivity contribution is 5.88. The minimum absolute atomic E-state index is 0.0806. The summed E-state index contributed by atoms with van der Waals surface area (Å²) in [6.45, 7) is 8.51. The first-order valence-electron chi connectivity index (χ1n) is 8.94. The monoisotopic (exact) mass is 348 g/mol. The molecule has 1 rings (SSSR count). The van der Waals surface area contributed by atoms with Crippen LogP contribution in [-0.2, 0) is 9.59 Å². The van der Waals surface area contributed by atoms with Gasteiger partial charge in [0.05, 0.1) is 6.61 Å². The normalized spacial score (nSPS) is 12.4. The maximum absolute atomic E-state index is 12.1. The predicted octanol–water partition coefficient (Wildman–Crippen LogP) is 3.21. The van der Waals surface area contributed by atoms with E-state index in [-0.39, 0.29) is 17.2 Å². The Labute approximate surface area is 151 Å². The summed E-state index contributed by atoms with van der Waals surface area (Å²) >= 11 is 0. The van der Waals surface area contributed by atoms with E-state index in [9.17, 15) is 9.59 Å². The molecule has 1 unspecified atom stereocenters. The molecule has 0 fully saturated rings. The average molecular weight is 348 g/mol. The molecule has 0 bridgehead atoms. The summed E-state index contributed by atoms with van der Waals surface area (Å²) in [6, 6.07) is 7.47. The Morgan fingerprint density at radius 1 is 1.08 bits per heavy atom. The number of amides is 2. The summed E-state index contributed by atoms with van der Waals surface area (Å²) in [5.41, 5.74) is 0.890. The summed E-state index contributed by atoms with van der Waals surface area (Å²) in [5.74, 6) is 0.636. The zero-order valence-electron chi connectivity index (χ0n) is 16.1. The Hall–Kier alpha value is -2.04. The third kappa shape index (κ3) is 8.05. The first-order chi connectivity index (χ1) is 11.7. The Morgan fingerprint density at radius 2 is 1.72 bits per heavy atom. The van der Waals surface area contributed by atoms with Gasteiger partial charge in [-0.25, -0.2) is 0 Å². The number of carbonyl (C=O) groups is 2. The van der Waals surface area contributed by atoms with Crippen LogP contribution in [0, 0.1) is 12.3 Å². The molecular formula is C20H32N2O3. The molecule has 0 aliphatic heterocycles. The van der Waals surface area contributed by atoms with Crippen molar-refractivity contribution >= 4 is 11.8 Å². The van der Waals surface area contributed by atoms with Crippen LogP contribution in [0.3, 0.4) is 0 Å². The van der Waals surface area contributed by atoms with E-state index in [1.54, 1.807) is 7.05 Å². The van der Waals surface area contributed by atoms with Gasteiger partial charge in [0.15, 0.2) is 0 Å². The van der Waals surface area contributed by atoms with Crippen molar-refractivity contribution in [3.05, 3.63) is 29.8 Å². The second-order valence-electron chi connectivity index (χ2n) is 7.45. The number of hydrogen-bond acceptors (Lipinski definition) is 3. The molecule has 0 aliphatic rings. The van der Waals surface area contributed by atoms with Crippen LogP contribution in [0.5, 0.6) is 5.75 Å². The zero-order chi connectivity index (χ0) is 18.9. The maximum Gasteiger partial charge on any atom is 0.242 e. The number of nitrogens with one attached hydrogen (secondary N) is 2. The highest BCUT2D eigenvalue weighted by Gasteiger charge is 2.31. The minimum atomic E-state index is -0.519. The standard InChI is InChI=1S/C20H32N2O3/c1-15-10-12-16(13-11-15)25-14-8-6-7-9-17(23)22-18(19(24)21-5)20(2,3)4/h10-13,18H,6-9,14H2,1-5H3,(H,21,24)(H,22,23). The van der Waals surface area contributed by atoms with Crippen LogP contribution in [0.15, 0.2) is 24.3 Å². The minimum Gasteiger partial charge on any atom is -0.494 e. The molecule has 0 aliphatic carbocycles. The third-order valence-corrected chi connectivity index (χ3v) is 4.02. The van der Waals surface area contributed by atoms with E-state index in [2.05, 4.69) is 10.6 Å². The zero-order valence-corrected chi connectivity index (χ0v) is 16.1. The largest absolute Gasteiger partial charge is 0.494 e. The lowest BCUT2D eigenvalue weighted by Gasteiger charge is -2.29. The fourth-order valence-electron chi connectivity index (χ4n) is 2.44. The topological polar surface area (TPSA) is 67.4 Å². The van der Waals surface area contributed by atoms with Crippen molar-refractivity contribution in [2.24, 2.45) is 5.41 Å². The van der Waals surface area contributed by atoms with Crippen molar-refractivity contribution in [3.8, 4) is 5.75 Å². The number of unbranched alkanes of at least 4 members (excludes halogenated alkanes) is 2. The van der Waals surface area contributed by atoms with E-state index in [0.717, 1.165) is 25.0 Å². The van der Waals surface area contributed by atoms with Gasteiger partial charge in [0.25, 0.3) is 0 Å². The molecule has 2 amide bonds. The van der Waals surface area contributed by atoms with E-state index >= 15 is 0 Å². The van der Waals surface area contributed by atoms with E-state index in [0.29, 0.717) is 13.0 Å². The van der Waals surface area contributed by atoms with Crippen molar-refractivity contribution in [2.75, 3.05) is 13.7 Å². The molecule has 1 aromatic carbocycles. The van der Waals surface area contributed by atoms with Gasteiger partial charge in [-0.15, -0.1) is 0 Å². The fraction of sp³-hybridized carbons (Fsp3) is 0.600. The van der Waals surface area contributed by atoms with Crippen molar-refractivity contribution in [1.29, 1.82) is 0 Å². The number of likely N-dealkylation sites (N-methyl/N-ethyl adjacent to an activating group) is 1. The molecule has 25 heavy (non-hydrogen) atoms. The molecule has 2 N–H and O–H groups in total. The molecule has 5 nitrogen and oxygen atoms in total. The van der Waals surface area contributed by atoms with Gasteiger partial charge in [-0.3, -0.25) is 9.59 Å². The number of rotatable bonds is 9. The molecular weight excluding hydrogens is 316 g/mol. The summed E-state index contributed by atoms with van der Waals surface area (Å²) in [7, 11) is 1.58. The quantitative estimate of drug-likeness (QED) is 0.673. The van der Waals surface area contributed by atoms with E-state index in [1.165, 1.54) is 5.56 Å². The molecule has 0 saturated carbocycles. The Morgan fingerprint density at radius 3 is 2.28 bits per heavy atom. The lowest BCUT2D eigenvalue weighted by molar-refractivity contribution is -0.131. The SMILES string of the molecule is CNC(=O)C(NC(=O)CCCCCOc1ccc(C)cc1)C(C)(C)C. The number of hydrogen-bond donors (Lipinski definition) is 2. The van der Waals surface area contributed by atoms with Gasteiger partial charge >= 0.3 is 0 Å². The molecule has 0 saturated heterocycles. The molecule has 1 atom stereocenters. The van der Waals surface area contributed by atoms with Gasteiger partial charge in [-0.1, -0.05) is 38.5 Å². The molecule has 1 aromatic rings. The van der Waals surface area contributed by atoms with Gasteiger partial charge in [0.1, 0.15) is 11.8 Å². The number of aryl methyl sites for hydroxylation is 1. The fourth-order valence-corrected chi connectivity index (χ4v) is 2.44. The summed E-state index contributed by atoms with van der Waals surface area (Å²) in [6.07, 6.45) is 3.03. The lowest BCUT2D eigenvalue weighted by atomic mass is 9.86. The van der Waals surface area contributed by atoms with Crippen LogP contribution in [0.1, 0.15) is 52.0 Å². The molecule has 5 heteroatoms. The number of carbonyl (C=O) groups excluding carboxylic acids is 2. The number of benzene rings is 1. The van der Waals surface area contributed by atoms with Crippen molar-refractivity contribution in [3.63, 3.8) is 0 Å². The number of ether oxygens (including phenoxy) is 1. The Bertz CT molecular complexity index is 547. The van der Waals surface area contributed by atoms with Gasteiger partial charge in [0, 0.05) is 13.5 Å². The van der Waals surface area contributed by atoms with E-state index in [4.69, 9.17) is 4.74 Å². The lowest BCUT2D eigenvalue weighted by Crippen LogP contribution is -2.52. The highest BCUT2D eigenvalue weighted by Crippen LogP contribution is 2.19. The van der Waals surface area contributed by atoms with Crippen LogP contribution in [0.25, 0.3) is 0 Å². The van der Waals surface area contributed by atoms with Crippen LogP contribution >= 0.6 is 0 Å². The van der Waals surface area contributed by atoms with Gasteiger partial charge in [-0.05, 0) is 43.7 Å². The second kappa shape index (κ2) is 10.1. The first kappa shape index (κ1) is 21.0. The molecule has 0 spiro atoms. The molecule has 0 radical (unpaired) electrons. The van der Waals surface area contributed by atoms with Crippen molar-refractivity contribution in [1.82, 2.24) is 10.6 Å². The average Bonchev–Trinajstić information content (AvgIpc) is 2.55. The van der Waals surface area contributed by atoms with Crippen LogP contribution in [0.4, 0.5) is 0 Å². The molecule has 140 valence electrons. The maximum atomic E-state index is 12.1. The molecule has 0 aromatic heterocycles. The summed E-state index contributed by atoms with van der Waals surface area (Å²) in [4.78, 5) is 24.0. The summed E-state index contributed by atoms with van der Waals surface area (Å²) in [5, 5.41) is 5.46. The Kier molecular flexibility index (Phi) is 8.46. The van der Waals surface area contributed by atoms with Crippen molar-refractivity contribution in [2.45, 2.75) is 59.4 Å². The van der Waals surface area contributed by atoms with E-state index < -0.39 is 6.04 Å². The van der Waals surface area contributed by atoms with Crippen LogP contribution < -0.4 is 15.4 Å². The first-order valence-corrected chi connectivity index (χ1v) is 8.94.